The molecule has 1 rings (SSSR count). The fourth-order valence-electron chi connectivity index (χ4n) is 1.37. The number of likely N-dealkylation sites (N-methyl/N-ethyl adjacent to an activating group) is 1. The lowest BCUT2D eigenvalue weighted by atomic mass is 10.2. The molecule has 108 valence electrons. The Labute approximate surface area is 121 Å². The molecule has 0 radical (unpaired) electrons. The van der Waals surface area contributed by atoms with Gasteiger partial charge in [-0.3, -0.25) is 14.4 Å². The molecule has 1 aromatic carbocycles. The molecule has 0 unspecified atom stereocenters. The zero-order valence-electron chi connectivity index (χ0n) is 11.2. The number of hydrogen-bond donors (Lipinski definition) is 1. The van der Waals surface area contributed by atoms with Crippen LogP contribution in [0.4, 0.5) is 0 Å². The number of esters is 1. The van der Waals surface area contributed by atoms with Crippen LogP contribution in [0.2, 0.25) is 5.02 Å². The van der Waals surface area contributed by atoms with Gasteiger partial charge in [0.1, 0.15) is 6.54 Å². The summed E-state index contributed by atoms with van der Waals surface area (Å²) >= 11 is 5.77. The van der Waals surface area contributed by atoms with E-state index in [1.54, 1.807) is 18.2 Å². The van der Waals surface area contributed by atoms with Gasteiger partial charge in [-0.05, 0) is 18.2 Å². The van der Waals surface area contributed by atoms with E-state index in [0.717, 1.165) is 0 Å². The molecule has 0 heterocycles. The molecule has 0 bridgehead atoms. The van der Waals surface area contributed by atoms with Crippen molar-refractivity contribution in [1.29, 1.82) is 0 Å². The van der Waals surface area contributed by atoms with Crippen molar-refractivity contribution in [3.63, 3.8) is 0 Å². The average molecular weight is 299 g/mol. The van der Waals surface area contributed by atoms with Crippen molar-refractivity contribution in [1.82, 2.24) is 10.2 Å². The van der Waals surface area contributed by atoms with E-state index < -0.39 is 17.8 Å². The summed E-state index contributed by atoms with van der Waals surface area (Å²) in [6.45, 7) is -0.374. The molecule has 0 spiro atoms. The highest BCUT2D eigenvalue weighted by Gasteiger charge is 2.14. The summed E-state index contributed by atoms with van der Waals surface area (Å²) in [7, 11) is 2.69. The van der Waals surface area contributed by atoms with E-state index in [4.69, 9.17) is 11.6 Å². The predicted molar refractivity (Wildman–Crippen MR) is 73.4 cm³/mol. The van der Waals surface area contributed by atoms with Crippen molar-refractivity contribution in [2.75, 3.05) is 27.2 Å². The Balaban J connectivity index is 2.48. The Hall–Kier alpha value is -2.08. The number of carbonyl (C=O) groups is 3. The Bertz CT molecular complexity index is 519. The number of halogens is 1. The zero-order chi connectivity index (χ0) is 15.1. The predicted octanol–water partition coefficient (Wildman–Crippen LogP) is 0.701. The Morgan fingerprint density at radius 1 is 1.35 bits per heavy atom. The van der Waals surface area contributed by atoms with Crippen LogP contribution in [0.1, 0.15) is 10.4 Å². The lowest BCUT2D eigenvalue weighted by molar-refractivity contribution is -0.145. The molecule has 0 aromatic heterocycles. The van der Waals surface area contributed by atoms with Gasteiger partial charge in [-0.15, -0.1) is 0 Å². The summed E-state index contributed by atoms with van der Waals surface area (Å²) in [4.78, 5) is 35.6. The van der Waals surface area contributed by atoms with Gasteiger partial charge in [0.05, 0.1) is 13.7 Å². The average Bonchev–Trinajstić information content (AvgIpc) is 2.43. The molecule has 0 aliphatic heterocycles. The number of carbonyl (C=O) groups excluding carboxylic acids is 3. The molecule has 0 atom stereocenters. The quantitative estimate of drug-likeness (QED) is 0.812. The number of nitrogens with zero attached hydrogens (tertiary/aromatic N) is 1. The number of rotatable bonds is 5. The van der Waals surface area contributed by atoms with Gasteiger partial charge in [0.15, 0.2) is 0 Å². The minimum atomic E-state index is -0.526. The Kier molecular flexibility index (Phi) is 5.99. The van der Waals surface area contributed by atoms with Crippen molar-refractivity contribution in [2.24, 2.45) is 0 Å². The van der Waals surface area contributed by atoms with Crippen LogP contribution in [0.25, 0.3) is 0 Å². The summed E-state index contributed by atoms with van der Waals surface area (Å²) in [5, 5.41) is 2.89. The molecule has 2 amide bonds. The van der Waals surface area contributed by atoms with Crippen LogP contribution in [-0.2, 0) is 14.3 Å². The molecule has 6 nitrogen and oxygen atoms in total. The first-order valence-corrected chi connectivity index (χ1v) is 6.16. The van der Waals surface area contributed by atoms with Gasteiger partial charge in [-0.2, -0.15) is 0 Å². The summed E-state index contributed by atoms with van der Waals surface area (Å²) in [6, 6.07) is 6.37. The fourth-order valence-corrected chi connectivity index (χ4v) is 1.56. The summed E-state index contributed by atoms with van der Waals surface area (Å²) < 4.78 is 4.44. The summed E-state index contributed by atoms with van der Waals surface area (Å²) in [5.74, 6) is -1.33. The van der Waals surface area contributed by atoms with Crippen LogP contribution in [0.15, 0.2) is 24.3 Å². The molecule has 0 saturated heterocycles. The maximum Gasteiger partial charge on any atom is 0.325 e. The third kappa shape index (κ3) is 4.89. The summed E-state index contributed by atoms with van der Waals surface area (Å²) in [5.41, 5.74) is 0.362. The van der Waals surface area contributed by atoms with Crippen LogP contribution >= 0.6 is 11.6 Å². The zero-order valence-corrected chi connectivity index (χ0v) is 11.9. The van der Waals surface area contributed by atoms with Gasteiger partial charge in [0, 0.05) is 17.6 Å². The molecular weight excluding hydrogens is 284 g/mol. The van der Waals surface area contributed by atoms with Crippen LogP contribution in [0.5, 0.6) is 0 Å². The third-order valence-electron chi connectivity index (χ3n) is 2.51. The molecule has 1 N–H and O–H groups in total. The second-order valence-corrected chi connectivity index (χ2v) is 4.46. The van der Waals surface area contributed by atoms with Crippen LogP contribution in [0.3, 0.4) is 0 Å². The van der Waals surface area contributed by atoms with Crippen molar-refractivity contribution in [3.05, 3.63) is 34.9 Å². The van der Waals surface area contributed by atoms with E-state index in [1.807, 2.05) is 0 Å². The second-order valence-electron chi connectivity index (χ2n) is 4.02. The van der Waals surface area contributed by atoms with Crippen LogP contribution in [0, 0.1) is 0 Å². The molecule has 0 aliphatic carbocycles. The Morgan fingerprint density at radius 3 is 2.65 bits per heavy atom. The molecule has 0 aliphatic rings. The molecule has 7 heteroatoms. The van der Waals surface area contributed by atoms with E-state index in [2.05, 4.69) is 10.1 Å². The van der Waals surface area contributed by atoms with E-state index in [-0.39, 0.29) is 13.1 Å². The molecule has 20 heavy (non-hydrogen) atoms. The summed E-state index contributed by atoms with van der Waals surface area (Å²) in [6.07, 6.45) is 0. The molecule has 1 aromatic rings. The van der Waals surface area contributed by atoms with Gasteiger partial charge < -0.3 is 15.0 Å². The van der Waals surface area contributed by atoms with E-state index in [1.165, 1.54) is 25.1 Å². The number of methoxy groups -OCH3 is 1. The van der Waals surface area contributed by atoms with Gasteiger partial charge in [0.2, 0.25) is 5.91 Å². The number of benzene rings is 1. The maximum absolute atomic E-state index is 11.8. The maximum atomic E-state index is 11.8. The monoisotopic (exact) mass is 298 g/mol. The highest BCUT2D eigenvalue weighted by atomic mass is 35.5. The van der Waals surface area contributed by atoms with Gasteiger partial charge in [0.25, 0.3) is 5.91 Å². The standard InChI is InChI=1S/C13H15ClN2O4/c1-16(8-12(18)20-2)11(17)7-15-13(19)9-4-3-5-10(14)6-9/h3-6H,7-8H2,1-2H3,(H,15,19). The largest absolute Gasteiger partial charge is 0.468 e. The normalized spacial score (nSPS) is 9.75. The van der Waals surface area contributed by atoms with Crippen LogP contribution in [-0.4, -0.2) is 49.9 Å². The van der Waals surface area contributed by atoms with Gasteiger partial charge >= 0.3 is 5.97 Å². The molecular formula is C13H15ClN2O4. The lowest BCUT2D eigenvalue weighted by Crippen LogP contribution is -2.40. The Morgan fingerprint density at radius 2 is 2.05 bits per heavy atom. The van der Waals surface area contributed by atoms with E-state index >= 15 is 0 Å². The highest BCUT2D eigenvalue weighted by Crippen LogP contribution is 2.10. The molecule has 0 saturated carbocycles. The van der Waals surface area contributed by atoms with Crippen molar-refractivity contribution in [3.8, 4) is 0 Å². The number of ether oxygens (including phenoxy) is 1. The van der Waals surface area contributed by atoms with Crippen molar-refractivity contribution >= 4 is 29.4 Å². The van der Waals surface area contributed by atoms with Gasteiger partial charge in [-0.1, -0.05) is 17.7 Å². The topological polar surface area (TPSA) is 75.7 Å². The van der Waals surface area contributed by atoms with Crippen molar-refractivity contribution in [2.45, 2.75) is 0 Å². The second kappa shape index (κ2) is 7.49. The van der Waals surface area contributed by atoms with Crippen molar-refractivity contribution < 1.29 is 19.1 Å². The minimum Gasteiger partial charge on any atom is -0.468 e. The smallest absolute Gasteiger partial charge is 0.325 e. The minimum absolute atomic E-state index is 0.164. The number of hydrogen-bond acceptors (Lipinski definition) is 4. The third-order valence-corrected chi connectivity index (χ3v) is 2.74. The van der Waals surface area contributed by atoms with Gasteiger partial charge in [-0.25, -0.2) is 0 Å². The fraction of sp³-hybridized carbons (Fsp3) is 0.308. The lowest BCUT2D eigenvalue weighted by Gasteiger charge is -2.15. The first kappa shape index (κ1) is 16.0. The van der Waals surface area contributed by atoms with Crippen LogP contribution < -0.4 is 5.32 Å². The van der Waals surface area contributed by atoms with E-state index in [9.17, 15) is 14.4 Å². The van der Waals surface area contributed by atoms with E-state index in [0.29, 0.717) is 10.6 Å². The number of amides is 2. The first-order chi connectivity index (χ1) is 9.43. The highest BCUT2D eigenvalue weighted by molar-refractivity contribution is 6.30. The SMILES string of the molecule is COC(=O)CN(C)C(=O)CNC(=O)c1cccc(Cl)c1. The number of nitrogens with one attached hydrogen (secondary N) is 1. The first-order valence-electron chi connectivity index (χ1n) is 5.78. The molecule has 0 fully saturated rings.